The Morgan fingerprint density at radius 3 is 1.77 bits per heavy atom. The van der Waals surface area contributed by atoms with Gasteiger partial charge in [0, 0.05) is 27.9 Å². The molecule has 0 atom stereocenters. The molecule has 1 aromatic heterocycles. The Kier molecular flexibility index (Phi) is 5.57. The van der Waals surface area contributed by atoms with E-state index in [4.69, 9.17) is 4.98 Å². The highest BCUT2D eigenvalue weighted by Gasteiger charge is 2.22. The molecule has 0 saturated carbocycles. The second kappa shape index (κ2) is 9.90. The predicted octanol–water partition coefficient (Wildman–Crippen LogP) is 11.8. The van der Waals surface area contributed by atoms with Gasteiger partial charge in [0.25, 0.3) is 0 Å². The third kappa shape index (κ3) is 3.76. The summed E-state index contributed by atoms with van der Waals surface area (Å²) in [6.45, 7) is 0. The van der Waals surface area contributed by atoms with Crippen molar-refractivity contribution in [2.45, 2.75) is 0 Å². The lowest BCUT2D eigenvalue weighted by Gasteiger charge is -2.22. The van der Waals surface area contributed by atoms with Gasteiger partial charge in [0.2, 0.25) is 0 Å². The summed E-state index contributed by atoms with van der Waals surface area (Å²) in [5.74, 6) is 0. The van der Waals surface area contributed by atoms with Crippen LogP contribution in [0.1, 0.15) is 0 Å². The minimum atomic E-state index is 1.00. The van der Waals surface area contributed by atoms with Crippen molar-refractivity contribution in [3.63, 3.8) is 0 Å². The van der Waals surface area contributed by atoms with Gasteiger partial charge in [-0.15, -0.1) is 0 Å². The highest BCUT2D eigenvalue weighted by molar-refractivity contribution is 6.29. The number of benzene rings is 8. The normalized spacial score (nSPS) is 11.6. The first-order chi connectivity index (χ1) is 21.8. The molecule has 0 unspecified atom stereocenters. The van der Waals surface area contributed by atoms with Crippen molar-refractivity contribution in [3.05, 3.63) is 164 Å². The monoisotopic (exact) mass is 557 g/mol. The van der Waals surface area contributed by atoms with Gasteiger partial charge >= 0.3 is 0 Å². The largest absolute Gasteiger partial charge is 0.256 e. The number of fused-ring (bicyclic) bond motifs is 6. The number of nitrogens with zero attached hydrogens (tertiary/aromatic N) is 1. The minimum absolute atomic E-state index is 1.00. The van der Waals surface area contributed by atoms with Gasteiger partial charge in [-0.2, -0.15) is 0 Å². The minimum Gasteiger partial charge on any atom is -0.256 e. The van der Waals surface area contributed by atoms with Crippen LogP contribution in [-0.2, 0) is 0 Å². The molecule has 0 bridgehead atoms. The van der Waals surface area contributed by atoms with E-state index in [-0.39, 0.29) is 0 Å². The zero-order chi connectivity index (χ0) is 29.0. The van der Waals surface area contributed by atoms with Crippen molar-refractivity contribution >= 4 is 54.0 Å². The Morgan fingerprint density at radius 1 is 0.341 bits per heavy atom. The van der Waals surface area contributed by atoms with Gasteiger partial charge in [-0.1, -0.05) is 146 Å². The number of para-hydroxylation sites is 1. The zero-order valence-electron chi connectivity index (χ0n) is 24.0. The maximum Gasteiger partial charge on any atom is 0.0708 e. The van der Waals surface area contributed by atoms with Crippen LogP contribution in [0, 0.1) is 0 Å². The third-order valence-corrected chi connectivity index (χ3v) is 9.06. The van der Waals surface area contributed by atoms with Crippen LogP contribution in [0.4, 0.5) is 0 Å². The Balaban J connectivity index is 1.53. The van der Waals surface area contributed by atoms with E-state index in [1.54, 1.807) is 0 Å². The molecule has 9 aromatic rings. The van der Waals surface area contributed by atoms with Gasteiger partial charge in [-0.05, 0) is 72.3 Å². The molecule has 0 spiro atoms. The van der Waals surface area contributed by atoms with Crippen molar-refractivity contribution in [2.75, 3.05) is 0 Å². The average molecular weight is 558 g/mol. The molecular weight excluding hydrogens is 530 g/mol. The van der Waals surface area contributed by atoms with Gasteiger partial charge in [0.1, 0.15) is 0 Å². The third-order valence-electron chi connectivity index (χ3n) is 9.06. The van der Waals surface area contributed by atoms with Gasteiger partial charge in [-0.3, -0.25) is 4.98 Å². The fraction of sp³-hybridized carbons (Fsp3) is 0. The van der Waals surface area contributed by atoms with E-state index in [1.165, 1.54) is 81.9 Å². The summed E-state index contributed by atoms with van der Waals surface area (Å²) in [5, 5.41) is 11.0. The molecule has 0 aliphatic rings. The van der Waals surface area contributed by atoms with E-state index in [1.807, 2.05) is 0 Å². The molecule has 0 amide bonds. The van der Waals surface area contributed by atoms with Crippen LogP contribution in [0.15, 0.2) is 164 Å². The smallest absolute Gasteiger partial charge is 0.0708 e. The molecule has 0 fully saturated rings. The lowest BCUT2D eigenvalue weighted by molar-refractivity contribution is 1.45. The molecule has 1 nitrogen and oxygen atoms in total. The number of hydrogen-bond acceptors (Lipinski definition) is 1. The number of rotatable bonds is 3. The predicted molar refractivity (Wildman–Crippen MR) is 188 cm³/mol. The number of pyridine rings is 1. The van der Waals surface area contributed by atoms with Crippen LogP contribution in [0.3, 0.4) is 0 Å². The van der Waals surface area contributed by atoms with Crippen LogP contribution in [0.5, 0.6) is 0 Å². The average Bonchev–Trinajstić information content (AvgIpc) is 3.10. The highest BCUT2D eigenvalue weighted by Crippen LogP contribution is 2.49. The quantitative estimate of drug-likeness (QED) is 0.155. The fourth-order valence-corrected chi connectivity index (χ4v) is 7.11. The summed E-state index contributed by atoms with van der Waals surface area (Å²) in [5.41, 5.74) is 8.38. The first kappa shape index (κ1) is 24.8. The van der Waals surface area contributed by atoms with E-state index in [0.29, 0.717) is 0 Å². The van der Waals surface area contributed by atoms with E-state index in [0.717, 1.165) is 5.52 Å². The Morgan fingerprint density at radius 2 is 0.955 bits per heavy atom. The Bertz CT molecular complexity index is 2540. The van der Waals surface area contributed by atoms with Crippen molar-refractivity contribution < 1.29 is 0 Å². The maximum absolute atomic E-state index is 5.07. The molecule has 204 valence electrons. The molecule has 0 N–H and O–H groups in total. The Hall–Kier alpha value is -5.79. The summed E-state index contributed by atoms with van der Waals surface area (Å²) in [7, 11) is 0. The van der Waals surface area contributed by atoms with Crippen molar-refractivity contribution in [2.24, 2.45) is 0 Å². The first-order valence-electron chi connectivity index (χ1n) is 15.1. The van der Waals surface area contributed by atoms with Crippen molar-refractivity contribution in [1.82, 2.24) is 4.98 Å². The Labute approximate surface area is 255 Å². The van der Waals surface area contributed by atoms with Crippen LogP contribution < -0.4 is 0 Å². The van der Waals surface area contributed by atoms with Crippen LogP contribution in [0.25, 0.3) is 87.4 Å². The molecule has 44 heavy (non-hydrogen) atoms. The van der Waals surface area contributed by atoms with Crippen LogP contribution in [0.2, 0.25) is 0 Å². The fourth-order valence-electron chi connectivity index (χ4n) is 7.11. The van der Waals surface area contributed by atoms with E-state index < -0.39 is 0 Å². The summed E-state index contributed by atoms with van der Waals surface area (Å²) < 4.78 is 0. The topological polar surface area (TPSA) is 12.9 Å². The number of hydrogen-bond donors (Lipinski definition) is 0. The lowest BCUT2D eigenvalue weighted by atomic mass is 9.81. The molecule has 0 aliphatic heterocycles. The molecule has 1 heterocycles. The molecule has 8 aromatic carbocycles. The first-order valence-corrected chi connectivity index (χ1v) is 15.1. The van der Waals surface area contributed by atoms with Crippen molar-refractivity contribution in [3.8, 4) is 33.4 Å². The molecular formula is C43H27N. The van der Waals surface area contributed by atoms with E-state index in [2.05, 4.69) is 164 Å². The molecule has 0 radical (unpaired) electrons. The second-order valence-electron chi connectivity index (χ2n) is 11.5. The highest BCUT2D eigenvalue weighted by atomic mass is 14.7. The van der Waals surface area contributed by atoms with E-state index >= 15 is 0 Å². The van der Waals surface area contributed by atoms with Crippen molar-refractivity contribution in [1.29, 1.82) is 0 Å². The summed E-state index contributed by atoms with van der Waals surface area (Å²) >= 11 is 0. The summed E-state index contributed by atoms with van der Waals surface area (Å²) in [6.07, 6.45) is 2.11. The van der Waals surface area contributed by atoms with Crippen LogP contribution in [-0.4, -0.2) is 4.98 Å². The molecule has 1 heteroatoms. The van der Waals surface area contributed by atoms with Gasteiger partial charge in [-0.25, -0.2) is 0 Å². The van der Waals surface area contributed by atoms with Gasteiger partial charge in [0.05, 0.1) is 5.52 Å². The lowest BCUT2D eigenvalue weighted by Crippen LogP contribution is -1.95. The zero-order valence-corrected chi connectivity index (χ0v) is 24.0. The molecule has 0 saturated heterocycles. The summed E-state index contributed by atoms with van der Waals surface area (Å²) in [6, 6.07) is 57.1. The molecule has 0 aliphatic carbocycles. The number of aromatic nitrogens is 1. The second-order valence-corrected chi connectivity index (χ2v) is 11.5. The molecule has 9 rings (SSSR count). The van der Waals surface area contributed by atoms with Crippen LogP contribution >= 0.6 is 0 Å². The van der Waals surface area contributed by atoms with E-state index in [9.17, 15) is 0 Å². The SMILES string of the molecule is c1ccc(-c2ccc3ccccc3c2-c2c3ccccc3c(-c3ccc4ccccc4c3)c3c2cnc2ccccc23)cc1. The van der Waals surface area contributed by atoms with Gasteiger partial charge in [0.15, 0.2) is 0 Å². The standard InChI is InChI=1S/C43H27N/c1-2-13-29(14-3-1)34-25-24-30-15-6-7-17-33(30)41(34)42-36-19-9-8-18-35(36)40(32-23-22-28-12-4-5-16-31(28)26-32)43-37-20-10-11-21-39(37)44-27-38(42)43/h1-27H. The summed E-state index contributed by atoms with van der Waals surface area (Å²) in [4.78, 5) is 5.07. The maximum atomic E-state index is 5.07. The van der Waals surface area contributed by atoms with Gasteiger partial charge < -0.3 is 0 Å².